The molecule has 0 bridgehead atoms. The summed E-state index contributed by atoms with van der Waals surface area (Å²) in [4.78, 5) is 14.1. The molecule has 1 unspecified atom stereocenters. The normalized spacial score (nSPS) is 11.6. The molecule has 0 saturated carbocycles. The lowest BCUT2D eigenvalue weighted by Gasteiger charge is -2.22. The molecule has 128 valence electrons. The molecule has 0 aliphatic heterocycles. The molecule has 1 rings (SSSR count). The van der Waals surface area contributed by atoms with Crippen molar-refractivity contribution in [1.29, 1.82) is 0 Å². The van der Waals surface area contributed by atoms with Crippen LogP contribution in [0, 0.1) is 5.92 Å². The Morgan fingerprint density at radius 2 is 1.73 bits per heavy atom. The smallest absolute Gasteiger partial charge is 0.224 e. The van der Waals surface area contributed by atoms with Gasteiger partial charge in [0.2, 0.25) is 5.91 Å². The van der Waals surface area contributed by atoms with Crippen molar-refractivity contribution in [1.82, 2.24) is 10.2 Å². The number of benzene rings is 1. The zero-order valence-electron chi connectivity index (χ0n) is 13.8. The van der Waals surface area contributed by atoms with Gasteiger partial charge in [-0.05, 0) is 32.0 Å². The van der Waals surface area contributed by atoms with Gasteiger partial charge in [-0.1, -0.05) is 31.2 Å². The SMILES string of the molecule is CC(CN)C(=O)NCc1ccccc1CN(C)C(C)C.Cl.Cl. The van der Waals surface area contributed by atoms with Gasteiger partial charge in [-0.3, -0.25) is 9.69 Å². The minimum absolute atomic E-state index is 0. The second kappa shape index (κ2) is 11.7. The van der Waals surface area contributed by atoms with Crippen molar-refractivity contribution in [2.75, 3.05) is 13.6 Å². The predicted molar refractivity (Wildman–Crippen MR) is 97.6 cm³/mol. The molecule has 1 aromatic carbocycles. The summed E-state index contributed by atoms with van der Waals surface area (Å²) < 4.78 is 0. The molecule has 0 spiro atoms. The minimum Gasteiger partial charge on any atom is -0.352 e. The van der Waals surface area contributed by atoms with E-state index in [1.807, 2.05) is 19.1 Å². The number of hydrogen-bond donors (Lipinski definition) is 2. The monoisotopic (exact) mass is 349 g/mol. The highest BCUT2D eigenvalue weighted by Crippen LogP contribution is 2.12. The van der Waals surface area contributed by atoms with Crippen LogP contribution >= 0.6 is 24.8 Å². The number of halogens is 2. The predicted octanol–water partition coefficient (Wildman–Crippen LogP) is 2.58. The Balaban J connectivity index is 0. The molecule has 4 nitrogen and oxygen atoms in total. The molecule has 0 radical (unpaired) electrons. The fraction of sp³-hybridized carbons (Fsp3) is 0.562. The summed E-state index contributed by atoms with van der Waals surface area (Å²) in [5.74, 6) is -0.125. The maximum absolute atomic E-state index is 11.8. The van der Waals surface area contributed by atoms with Crippen LogP contribution in [0.4, 0.5) is 0 Å². The Bertz CT molecular complexity index is 441. The number of rotatable bonds is 7. The van der Waals surface area contributed by atoms with Gasteiger partial charge in [0, 0.05) is 31.6 Å². The van der Waals surface area contributed by atoms with E-state index in [2.05, 4.69) is 43.2 Å². The van der Waals surface area contributed by atoms with Crippen molar-refractivity contribution in [3.63, 3.8) is 0 Å². The lowest BCUT2D eigenvalue weighted by molar-refractivity contribution is -0.124. The lowest BCUT2D eigenvalue weighted by atomic mass is 10.1. The topological polar surface area (TPSA) is 58.4 Å². The summed E-state index contributed by atoms with van der Waals surface area (Å²) in [7, 11) is 2.11. The summed E-state index contributed by atoms with van der Waals surface area (Å²) >= 11 is 0. The van der Waals surface area contributed by atoms with Gasteiger partial charge in [0.05, 0.1) is 0 Å². The Labute approximate surface area is 146 Å². The van der Waals surface area contributed by atoms with Crippen LogP contribution < -0.4 is 11.1 Å². The van der Waals surface area contributed by atoms with Crippen LogP contribution in [-0.2, 0) is 17.9 Å². The molecule has 3 N–H and O–H groups in total. The van der Waals surface area contributed by atoms with Gasteiger partial charge in [-0.2, -0.15) is 0 Å². The summed E-state index contributed by atoms with van der Waals surface area (Å²) in [5.41, 5.74) is 7.92. The molecular weight excluding hydrogens is 321 g/mol. The average Bonchev–Trinajstić information content (AvgIpc) is 2.44. The molecule has 22 heavy (non-hydrogen) atoms. The first-order valence-corrected chi connectivity index (χ1v) is 7.20. The van der Waals surface area contributed by atoms with Crippen molar-refractivity contribution in [2.45, 2.75) is 39.9 Å². The highest BCUT2D eigenvalue weighted by Gasteiger charge is 2.12. The van der Waals surface area contributed by atoms with Gasteiger partial charge in [0.1, 0.15) is 0 Å². The van der Waals surface area contributed by atoms with E-state index in [0.29, 0.717) is 19.1 Å². The zero-order valence-corrected chi connectivity index (χ0v) is 15.5. The maximum atomic E-state index is 11.8. The van der Waals surface area contributed by atoms with Gasteiger partial charge in [0.25, 0.3) is 0 Å². The van der Waals surface area contributed by atoms with Crippen LogP contribution in [-0.4, -0.2) is 30.4 Å². The van der Waals surface area contributed by atoms with Crippen molar-refractivity contribution in [3.05, 3.63) is 35.4 Å². The quantitative estimate of drug-likeness (QED) is 0.795. The standard InChI is InChI=1S/C16H27N3O.2ClH/c1-12(2)19(4)11-15-8-6-5-7-14(15)10-18-16(20)13(3)9-17;;/h5-8,12-13H,9-11,17H2,1-4H3,(H,18,20);2*1H. The fourth-order valence-corrected chi connectivity index (χ4v) is 1.80. The Kier molecular flexibility index (Phi) is 12.5. The third-order valence-corrected chi connectivity index (χ3v) is 3.67. The van der Waals surface area contributed by atoms with Crippen molar-refractivity contribution >= 4 is 30.7 Å². The maximum Gasteiger partial charge on any atom is 0.224 e. The van der Waals surface area contributed by atoms with Crippen molar-refractivity contribution < 1.29 is 4.79 Å². The Morgan fingerprint density at radius 1 is 1.18 bits per heavy atom. The van der Waals surface area contributed by atoms with Crippen LogP contribution in [0.5, 0.6) is 0 Å². The van der Waals surface area contributed by atoms with E-state index in [1.165, 1.54) is 5.56 Å². The van der Waals surface area contributed by atoms with Crippen LogP contribution in [0.25, 0.3) is 0 Å². The molecule has 6 heteroatoms. The largest absolute Gasteiger partial charge is 0.352 e. The molecule has 0 aliphatic rings. The van der Waals surface area contributed by atoms with Crippen molar-refractivity contribution in [2.24, 2.45) is 11.7 Å². The molecular formula is C16H29Cl2N3O. The van der Waals surface area contributed by atoms with E-state index >= 15 is 0 Å². The third-order valence-electron chi connectivity index (χ3n) is 3.67. The minimum atomic E-state index is -0.138. The van der Waals surface area contributed by atoms with E-state index in [9.17, 15) is 4.79 Å². The Morgan fingerprint density at radius 3 is 2.23 bits per heavy atom. The van der Waals surface area contributed by atoms with E-state index in [-0.39, 0.29) is 36.6 Å². The van der Waals surface area contributed by atoms with E-state index in [4.69, 9.17) is 5.73 Å². The number of carbonyl (C=O) groups excluding carboxylic acids is 1. The molecule has 1 atom stereocenters. The first-order chi connectivity index (χ1) is 9.45. The second-order valence-electron chi connectivity index (χ2n) is 5.63. The van der Waals surface area contributed by atoms with E-state index in [1.54, 1.807) is 0 Å². The molecule has 0 aromatic heterocycles. The Hall–Kier alpha value is -0.810. The first kappa shape index (κ1) is 23.5. The molecule has 0 heterocycles. The number of carbonyl (C=O) groups is 1. The van der Waals surface area contributed by atoms with Crippen molar-refractivity contribution in [3.8, 4) is 0 Å². The summed E-state index contributed by atoms with van der Waals surface area (Å²) in [6.45, 7) is 8.01. The van der Waals surface area contributed by atoms with Crippen LogP contribution in [0.3, 0.4) is 0 Å². The summed E-state index contributed by atoms with van der Waals surface area (Å²) in [5, 5.41) is 2.96. The van der Waals surface area contributed by atoms with Crippen LogP contribution in [0.1, 0.15) is 31.9 Å². The number of nitrogens with two attached hydrogens (primary N) is 1. The molecule has 0 fully saturated rings. The van der Waals surface area contributed by atoms with E-state index in [0.717, 1.165) is 12.1 Å². The van der Waals surface area contributed by atoms with Crippen LogP contribution in [0.15, 0.2) is 24.3 Å². The molecule has 0 saturated heterocycles. The molecule has 1 aromatic rings. The van der Waals surface area contributed by atoms with E-state index < -0.39 is 0 Å². The summed E-state index contributed by atoms with van der Waals surface area (Å²) in [6, 6.07) is 8.73. The van der Waals surface area contributed by atoms with Gasteiger partial charge in [0.15, 0.2) is 0 Å². The molecule has 1 amide bonds. The van der Waals surface area contributed by atoms with Gasteiger partial charge in [-0.15, -0.1) is 24.8 Å². The zero-order chi connectivity index (χ0) is 15.1. The van der Waals surface area contributed by atoms with Crippen LogP contribution in [0.2, 0.25) is 0 Å². The summed E-state index contributed by atoms with van der Waals surface area (Å²) in [6.07, 6.45) is 0. The third kappa shape index (κ3) is 7.45. The number of nitrogens with zero attached hydrogens (tertiary/aromatic N) is 1. The highest BCUT2D eigenvalue weighted by molar-refractivity contribution is 5.85. The lowest BCUT2D eigenvalue weighted by Crippen LogP contribution is -2.33. The van der Waals surface area contributed by atoms with Gasteiger partial charge < -0.3 is 11.1 Å². The fourth-order valence-electron chi connectivity index (χ4n) is 1.80. The second-order valence-corrected chi connectivity index (χ2v) is 5.63. The number of hydrogen-bond acceptors (Lipinski definition) is 3. The van der Waals surface area contributed by atoms with Gasteiger partial charge >= 0.3 is 0 Å². The van der Waals surface area contributed by atoms with Gasteiger partial charge in [-0.25, -0.2) is 0 Å². The first-order valence-electron chi connectivity index (χ1n) is 7.20. The number of amides is 1. The molecule has 0 aliphatic carbocycles. The highest BCUT2D eigenvalue weighted by atomic mass is 35.5. The number of nitrogens with one attached hydrogen (secondary N) is 1. The average molecular weight is 350 g/mol.